The molecular weight excluding hydrogens is 401 g/mol. The number of hydrogen-bond acceptors (Lipinski definition) is 4. The van der Waals surface area contributed by atoms with E-state index in [1.807, 2.05) is 0 Å². The van der Waals surface area contributed by atoms with E-state index in [2.05, 4.69) is 0 Å². The molecule has 11 heteroatoms. The predicted molar refractivity (Wildman–Crippen MR) is 77.0 cm³/mol. The predicted octanol–water partition coefficient (Wildman–Crippen LogP) is 3.88. The second-order valence-corrected chi connectivity index (χ2v) is 9.54. The second kappa shape index (κ2) is 5.97. The zero-order valence-corrected chi connectivity index (χ0v) is 14.0. The zero-order chi connectivity index (χ0) is 15.0. The first-order valence-electron chi connectivity index (χ1n) is 4.19. The van der Waals surface area contributed by atoms with Crippen LogP contribution in [-0.2, 0) is 18.1 Å². The van der Waals surface area contributed by atoms with Gasteiger partial charge in [-0.05, 0) is 12.1 Å². The standard InChI is InChI=1S/C8H3Cl5O4S2/c9-7(8(10)11)5-2-1-4(18(12,14)15)3-6(5)19(13,16)17/h1-3H. The van der Waals surface area contributed by atoms with Crippen molar-refractivity contribution in [2.75, 3.05) is 0 Å². The minimum atomic E-state index is -4.28. The van der Waals surface area contributed by atoms with Crippen LogP contribution in [0.3, 0.4) is 0 Å². The van der Waals surface area contributed by atoms with E-state index in [1.54, 1.807) is 0 Å². The molecule has 1 aromatic carbocycles. The Morgan fingerprint density at radius 2 is 1.42 bits per heavy atom. The fourth-order valence-corrected chi connectivity index (χ4v) is 3.50. The van der Waals surface area contributed by atoms with Crippen molar-refractivity contribution in [3.63, 3.8) is 0 Å². The largest absolute Gasteiger partial charge is 0.262 e. The van der Waals surface area contributed by atoms with Crippen molar-refractivity contribution in [1.82, 2.24) is 0 Å². The highest BCUT2D eigenvalue weighted by molar-refractivity contribution is 8.14. The van der Waals surface area contributed by atoms with Crippen molar-refractivity contribution in [3.8, 4) is 0 Å². The van der Waals surface area contributed by atoms with Crippen molar-refractivity contribution in [3.05, 3.63) is 28.3 Å². The lowest BCUT2D eigenvalue weighted by atomic mass is 10.2. The molecule has 0 fully saturated rings. The topological polar surface area (TPSA) is 68.3 Å². The number of rotatable bonds is 3. The van der Waals surface area contributed by atoms with E-state index in [1.165, 1.54) is 0 Å². The van der Waals surface area contributed by atoms with Crippen molar-refractivity contribution < 1.29 is 16.8 Å². The first-order chi connectivity index (χ1) is 8.44. The second-order valence-electron chi connectivity index (χ2n) is 3.11. The van der Waals surface area contributed by atoms with Gasteiger partial charge in [0.15, 0.2) is 0 Å². The molecule has 0 aliphatic carbocycles. The first kappa shape index (κ1) is 17.4. The maximum absolute atomic E-state index is 11.4. The van der Waals surface area contributed by atoms with Crippen LogP contribution in [0.1, 0.15) is 5.56 Å². The van der Waals surface area contributed by atoms with Gasteiger partial charge < -0.3 is 0 Å². The monoisotopic (exact) mass is 402 g/mol. The van der Waals surface area contributed by atoms with Gasteiger partial charge in [0.25, 0.3) is 18.1 Å². The van der Waals surface area contributed by atoms with Crippen LogP contribution in [0.15, 0.2) is 32.5 Å². The first-order valence-corrected chi connectivity index (χ1v) is 9.94. The van der Waals surface area contributed by atoms with E-state index >= 15 is 0 Å². The Morgan fingerprint density at radius 3 is 1.79 bits per heavy atom. The lowest BCUT2D eigenvalue weighted by molar-refractivity contribution is 0.608. The van der Waals surface area contributed by atoms with Gasteiger partial charge in [0.1, 0.15) is 4.49 Å². The van der Waals surface area contributed by atoms with E-state index in [-0.39, 0.29) is 10.6 Å². The summed E-state index contributed by atoms with van der Waals surface area (Å²) in [6.07, 6.45) is 0. The fraction of sp³-hybridized carbons (Fsp3) is 0. The molecule has 0 unspecified atom stereocenters. The molecule has 1 rings (SSSR count). The van der Waals surface area contributed by atoms with E-state index < -0.39 is 32.4 Å². The highest BCUT2D eigenvalue weighted by Gasteiger charge is 2.22. The third-order valence-corrected chi connectivity index (χ3v) is 5.58. The normalized spacial score (nSPS) is 12.3. The summed E-state index contributed by atoms with van der Waals surface area (Å²) in [6, 6.07) is 2.89. The van der Waals surface area contributed by atoms with E-state index in [0.29, 0.717) is 0 Å². The summed E-state index contributed by atoms with van der Waals surface area (Å²) in [5.74, 6) is 0. The molecule has 0 atom stereocenters. The minimum absolute atomic E-state index is 0.138. The Morgan fingerprint density at radius 1 is 0.895 bits per heavy atom. The molecule has 106 valence electrons. The van der Waals surface area contributed by atoms with Crippen molar-refractivity contribution in [2.45, 2.75) is 9.79 Å². The molecular formula is C8H3Cl5O4S2. The van der Waals surface area contributed by atoms with Crippen molar-refractivity contribution >= 4 is 79.3 Å². The molecule has 0 amide bonds. The van der Waals surface area contributed by atoms with Gasteiger partial charge in [-0.25, -0.2) is 16.8 Å². The van der Waals surface area contributed by atoms with Crippen LogP contribution in [0.4, 0.5) is 0 Å². The number of benzene rings is 1. The molecule has 0 N–H and O–H groups in total. The molecule has 0 aliphatic rings. The fourth-order valence-electron chi connectivity index (χ4n) is 1.14. The Balaban J connectivity index is 3.76. The highest BCUT2D eigenvalue weighted by Crippen LogP contribution is 2.35. The molecule has 0 heterocycles. The van der Waals surface area contributed by atoms with Gasteiger partial charge in [0.2, 0.25) is 0 Å². The van der Waals surface area contributed by atoms with Crippen molar-refractivity contribution in [2.24, 2.45) is 0 Å². The molecule has 0 spiro atoms. The molecule has 4 nitrogen and oxygen atoms in total. The Bertz CT molecular complexity index is 747. The Labute approximate surface area is 133 Å². The summed E-state index contributed by atoms with van der Waals surface area (Å²) in [5.41, 5.74) is -0.138. The average molecular weight is 405 g/mol. The van der Waals surface area contributed by atoms with Crippen molar-refractivity contribution in [1.29, 1.82) is 0 Å². The van der Waals surface area contributed by atoms with Crippen LogP contribution in [0.25, 0.3) is 5.03 Å². The lowest BCUT2D eigenvalue weighted by Crippen LogP contribution is -2.00. The molecule has 0 bridgehead atoms. The van der Waals surface area contributed by atoms with Gasteiger partial charge in [0, 0.05) is 26.9 Å². The molecule has 19 heavy (non-hydrogen) atoms. The summed E-state index contributed by atoms with van der Waals surface area (Å²) in [5, 5.41) is -0.291. The average Bonchev–Trinajstić information content (AvgIpc) is 2.24. The van der Waals surface area contributed by atoms with Gasteiger partial charge in [-0.1, -0.05) is 40.9 Å². The molecule has 0 radical (unpaired) electrons. The number of halogens is 5. The van der Waals surface area contributed by atoms with Gasteiger partial charge in [-0.3, -0.25) is 0 Å². The molecule has 0 saturated heterocycles. The van der Waals surface area contributed by atoms with Gasteiger partial charge in [-0.2, -0.15) is 0 Å². The molecule has 1 aromatic rings. The number of hydrogen-bond donors (Lipinski definition) is 0. The van der Waals surface area contributed by atoms with Crippen LogP contribution >= 0.6 is 56.2 Å². The van der Waals surface area contributed by atoms with Gasteiger partial charge >= 0.3 is 0 Å². The summed E-state index contributed by atoms with van der Waals surface area (Å²) < 4.78 is 44.8. The van der Waals surface area contributed by atoms with E-state index in [9.17, 15) is 16.8 Å². The van der Waals surface area contributed by atoms with E-state index in [0.717, 1.165) is 18.2 Å². The van der Waals surface area contributed by atoms with Crippen LogP contribution in [0.5, 0.6) is 0 Å². The quantitative estimate of drug-likeness (QED) is 0.717. The van der Waals surface area contributed by atoms with Gasteiger partial charge in [-0.15, -0.1) is 0 Å². The smallest absolute Gasteiger partial charge is 0.207 e. The van der Waals surface area contributed by atoms with Crippen LogP contribution in [0.2, 0.25) is 0 Å². The third-order valence-electron chi connectivity index (χ3n) is 1.90. The molecule has 0 aromatic heterocycles. The summed E-state index contributed by atoms with van der Waals surface area (Å²) in [4.78, 5) is -1.02. The zero-order valence-electron chi connectivity index (χ0n) is 8.57. The third kappa shape index (κ3) is 4.39. The SMILES string of the molecule is O=S(=O)(Cl)c1ccc(C(Cl)=C(Cl)Cl)c(S(=O)(=O)Cl)c1. The van der Waals surface area contributed by atoms with Crippen LogP contribution < -0.4 is 0 Å². The summed E-state index contributed by atoms with van der Waals surface area (Å²) >= 11 is 16.6. The Kier molecular flexibility index (Phi) is 5.46. The molecule has 0 saturated carbocycles. The van der Waals surface area contributed by atoms with E-state index in [4.69, 9.17) is 56.2 Å². The molecule has 0 aliphatic heterocycles. The van der Waals surface area contributed by atoms with Gasteiger partial charge in [0.05, 0.1) is 14.8 Å². The van der Waals surface area contributed by atoms with Crippen LogP contribution in [-0.4, -0.2) is 16.8 Å². The minimum Gasteiger partial charge on any atom is -0.207 e. The summed E-state index contributed by atoms with van der Waals surface area (Å²) in [6.45, 7) is 0. The lowest BCUT2D eigenvalue weighted by Gasteiger charge is -2.07. The highest BCUT2D eigenvalue weighted by atomic mass is 35.7. The maximum atomic E-state index is 11.4. The maximum Gasteiger partial charge on any atom is 0.262 e. The Hall–Kier alpha value is 0.310. The summed E-state index contributed by atoms with van der Waals surface area (Å²) in [7, 11) is 1.91. The van der Waals surface area contributed by atoms with Crippen LogP contribution in [0, 0.1) is 0 Å².